The fraction of sp³-hybridized carbons (Fsp3) is 0.304. The molecule has 2 N–H and O–H groups in total. The van der Waals surface area contributed by atoms with E-state index in [9.17, 15) is 32.3 Å². The van der Waals surface area contributed by atoms with Gasteiger partial charge < -0.3 is 20.1 Å². The van der Waals surface area contributed by atoms with Crippen LogP contribution in [0.2, 0.25) is 0 Å². The minimum absolute atomic E-state index is 0.252. The van der Waals surface area contributed by atoms with Crippen LogP contribution >= 0.6 is 0 Å². The maximum absolute atomic E-state index is 12.9. The molecule has 0 bridgehead atoms. The van der Waals surface area contributed by atoms with Crippen LogP contribution in [0.3, 0.4) is 0 Å². The van der Waals surface area contributed by atoms with E-state index in [2.05, 4.69) is 5.32 Å². The number of alkyl halides is 3. The minimum Gasteiger partial charge on any atom is -0.462 e. The number of carbonyl (C=O) groups is 4. The van der Waals surface area contributed by atoms with Gasteiger partial charge in [-0.3, -0.25) is 14.4 Å². The smallest absolute Gasteiger partial charge is 0.418 e. The maximum Gasteiger partial charge on any atom is 0.418 e. The number of rotatable bonds is 10. The van der Waals surface area contributed by atoms with Gasteiger partial charge in [-0.1, -0.05) is 19.1 Å². The zero-order valence-corrected chi connectivity index (χ0v) is 18.2. The molecule has 0 fully saturated rings. The van der Waals surface area contributed by atoms with Crippen LogP contribution in [0.5, 0.6) is 0 Å². The van der Waals surface area contributed by atoms with Gasteiger partial charge in [0.15, 0.2) is 6.61 Å². The van der Waals surface area contributed by atoms with E-state index in [1.165, 1.54) is 36.4 Å². The van der Waals surface area contributed by atoms with Crippen LogP contribution in [0, 0.1) is 0 Å². The number of para-hydroxylation sites is 1. The molecule has 2 amide bonds. The molecule has 0 atom stereocenters. The van der Waals surface area contributed by atoms with Crippen LogP contribution in [-0.4, -0.2) is 37.0 Å². The first-order valence-corrected chi connectivity index (χ1v) is 10.3. The topological polar surface area (TPSA) is 111 Å². The number of anilines is 2. The molecular weight excluding hydrogens is 457 g/mol. The number of hydrogen-bond donors (Lipinski definition) is 2. The van der Waals surface area contributed by atoms with Crippen molar-refractivity contribution in [2.75, 3.05) is 23.8 Å². The van der Waals surface area contributed by atoms with E-state index in [0.29, 0.717) is 24.3 Å². The van der Waals surface area contributed by atoms with Crippen molar-refractivity contribution in [3.8, 4) is 0 Å². The molecule has 0 spiro atoms. The lowest BCUT2D eigenvalue weighted by atomic mass is 10.1. The highest BCUT2D eigenvalue weighted by Crippen LogP contribution is 2.34. The molecule has 0 aliphatic carbocycles. The third-order valence-electron chi connectivity index (χ3n) is 4.27. The molecule has 2 aromatic carbocycles. The monoisotopic (exact) mass is 480 g/mol. The Bertz CT molecular complexity index is 1020. The molecule has 0 aliphatic heterocycles. The van der Waals surface area contributed by atoms with Crippen LogP contribution < -0.4 is 10.6 Å². The Morgan fingerprint density at radius 1 is 0.853 bits per heavy atom. The summed E-state index contributed by atoms with van der Waals surface area (Å²) in [6.07, 6.45) is -4.57. The maximum atomic E-state index is 12.9. The number of ether oxygens (including phenoxy) is 2. The Kier molecular flexibility index (Phi) is 9.60. The summed E-state index contributed by atoms with van der Waals surface area (Å²) in [5, 5.41) is 4.59. The second kappa shape index (κ2) is 12.4. The van der Waals surface area contributed by atoms with Gasteiger partial charge in [0.1, 0.15) is 0 Å². The highest BCUT2D eigenvalue weighted by molar-refractivity contribution is 5.95. The van der Waals surface area contributed by atoms with Gasteiger partial charge in [0.2, 0.25) is 5.91 Å². The van der Waals surface area contributed by atoms with Crippen molar-refractivity contribution >= 4 is 35.1 Å². The second-order valence-corrected chi connectivity index (χ2v) is 7.01. The van der Waals surface area contributed by atoms with Gasteiger partial charge in [0, 0.05) is 12.1 Å². The molecule has 2 aromatic rings. The molecule has 0 saturated carbocycles. The van der Waals surface area contributed by atoms with E-state index >= 15 is 0 Å². The van der Waals surface area contributed by atoms with E-state index in [-0.39, 0.29) is 12.8 Å². The fourth-order valence-corrected chi connectivity index (χ4v) is 2.65. The third kappa shape index (κ3) is 8.57. The third-order valence-corrected chi connectivity index (χ3v) is 4.27. The van der Waals surface area contributed by atoms with Crippen molar-refractivity contribution < 1.29 is 41.8 Å². The van der Waals surface area contributed by atoms with Crippen LogP contribution in [0.15, 0.2) is 48.5 Å². The predicted molar refractivity (Wildman–Crippen MR) is 116 cm³/mol. The number of amides is 2. The molecule has 182 valence electrons. The fourth-order valence-electron chi connectivity index (χ4n) is 2.65. The first kappa shape index (κ1) is 26.4. The molecule has 34 heavy (non-hydrogen) atoms. The Morgan fingerprint density at radius 3 is 2.18 bits per heavy atom. The molecule has 8 nitrogen and oxygen atoms in total. The van der Waals surface area contributed by atoms with Crippen LogP contribution in [0.25, 0.3) is 0 Å². The van der Waals surface area contributed by atoms with Crippen molar-refractivity contribution in [1.29, 1.82) is 0 Å². The normalized spacial score (nSPS) is 10.8. The van der Waals surface area contributed by atoms with E-state index in [1.807, 2.05) is 12.2 Å². The summed E-state index contributed by atoms with van der Waals surface area (Å²) in [6.45, 7) is 1.37. The Hall–Kier alpha value is -3.89. The van der Waals surface area contributed by atoms with E-state index < -0.39 is 47.8 Å². The average Bonchev–Trinajstić information content (AvgIpc) is 2.80. The standard InChI is InChI=1S/C23H23F3N2O6/c1-2-13-33-22(32)15-7-9-16(10-8-15)27-19(29)11-12-21(31)34-14-20(30)28-18-6-4-3-5-17(18)23(24,25)26/h3-10H,2,11-14H2,1H3,(H,27,29)(H,28,30). The number of esters is 2. The van der Waals surface area contributed by atoms with Gasteiger partial charge in [-0.15, -0.1) is 0 Å². The Balaban J connectivity index is 1.74. The van der Waals surface area contributed by atoms with Crippen molar-refractivity contribution in [2.24, 2.45) is 0 Å². The highest BCUT2D eigenvalue weighted by atomic mass is 19.4. The van der Waals surface area contributed by atoms with Crippen LogP contribution in [-0.2, 0) is 30.0 Å². The lowest BCUT2D eigenvalue weighted by Crippen LogP contribution is -2.23. The number of hydrogen-bond acceptors (Lipinski definition) is 6. The zero-order valence-electron chi connectivity index (χ0n) is 18.2. The SMILES string of the molecule is CCCOC(=O)c1ccc(NC(=O)CCC(=O)OCC(=O)Nc2ccccc2C(F)(F)F)cc1. The number of halogens is 3. The summed E-state index contributed by atoms with van der Waals surface area (Å²) in [5.74, 6) is -2.81. The predicted octanol–water partition coefficient (Wildman–Crippen LogP) is 4.17. The summed E-state index contributed by atoms with van der Waals surface area (Å²) in [4.78, 5) is 47.4. The van der Waals surface area contributed by atoms with Crippen molar-refractivity contribution in [3.63, 3.8) is 0 Å². The summed E-state index contributed by atoms with van der Waals surface area (Å²) in [5.41, 5.74) is -0.767. The summed E-state index contributed by atoms with van der Waals surface area (Å²) >= 11 is 0. The largest absolute Gasteiger partial charge is 0.462 e. The van der Waals surface area contributed by atoms with Crippen molar-refractivity contribution in [2.45, 2.75) is 32.4 Å². The quantitative estimate of drug-likeness (QED) is 0.494. The number of benzene rings is 2. The summed E-state index contributed by atoms with van der Waals surface area (Å²) in [7, 11) is 0. The summed E-state index contributed by atoms with van der Waals surface area (Å²) < 4.78 is 48.6. The van der Waals surface area contributed by atoms with Gasteiger partial charge in [0.25, 0.3) is 5.91 Å². The van der Waals surface area contributed by atoms with Gasteiger partial charge >= 0.3 is 18.1 Å². The van der Waals surface area contributed by atoms with Gasteiger partial charge in [-0.2, -0.15) is 13.2 Å². The average molecular weight is 480 g/mol. The molecule has 0 radical (unpaired) electrons. The molecule has 11 heteroatoms. The molecule has 0 aliphatic rings. The summed E-state index contributed by atoms with van der Waals surface area (Å²) in [6, 6.07) is 10.4. The van der Waals surface area contributed by atoms with E-state index in [0.717, 1.165) is 12.1 Å². The highest BCUT2D eigenvalue weighted by Gasteiger charge is 2.33. The molecule has 0 unspecified atom stereocenters. The van der Waals surface area contributed by atoms with Gasteiger partial charge in [-0.25, -0.2) is 4.79 Å². The zero-order chi connectivity index (χ0) is 25.1. The van der Waals surface area contributed by atoms with Crippen LogP contribution in [0.4, 0.5) is 24.5 Å². The van der Waals surface area contributed by atoms with E-state index in [4.69, 9.17) is 9.47 Å². The molecule has 0 saturated heterocycles. The second-order valence-electron chi connectivity index (χ2n) is 7.01. The first-order valence-electron chi connectivity index (χ1n) is 10.3. The Labute approximate surface area is 193 Å². The van der Waals surface area contributed by atoms with Gasteiger partial charge in [-0.05, 0) is 42.8 Å². The number of carbonyl (C=O) groups excluding carboxylic acids is 4. The lowest BCUT2D eigenvalue weighted by Gasteiger charge is -2.13. The number of nitrogens with one attached hydrogen (secondary N) is 2. The minimum atomic E-state index is -4.66. The molecular formula is C23H23F3N2O6. The van der Waals surface area contributed by atoms with Crippen LogP contribution in [0.1, 0.15) is 42.1 Å². The van der Waals surface area contributed by atoms with Crippen molar-refractivity contribution in [1.82, 2.24) is 0 Å². The van der Waals surface area contributed by atoms with E-state index in [1.54, 1.807) is 0 Å². The molecule has 2 rings (SSSR count). The Morgan fingerprint density at radius 2 is 1.53 bits per heavy atom. The molecule has 0 aromatic heterocycles. The van der Waals surface area contributed by atoms with Gasteiger partial charge in [0.05, 0.1) is 29.8 Å². The van der Waals surface area contributed by atoms with Crippen molar-refractivity contribution in [3.05, 3.63) is 59.7 Å². The lowest BCUT2D eigenvalue weighted by molar-refractivity contribution is -0.148. The first-order chi connectivity index (χ1) is 16.1. The molecule has 0 heterocycles.